The lowest BCUT2D eigenvalue weighted by Crippen LogP contribution is -2.04. The molecule has 0 amide bonds. The number of H-pyrrole nitrogens is 1. The highest BCUT2D eigenvalue weighted by atomic mass is 32.1. The van der Waals surface area contributed by atoms with Crippen LogP contribution in [0.15, 0.2) is 40.6 Å². The molecule has 0 aliphatic rings. The Kier molecular flexibility index (Phi) is 2.30. The number of aryl methyl sites for hydroxylation is 1. The normalized spacial score (nSPS) is 10.9. The second kappa shape index (κ2) is 3.82. The van der Waals surface area contributed by atoms with Crippen LogP contribution in [0.2, 0.25) is 0 Å². The van der Waals surface area contributed by atoms with Gasteiger partial charge in [0, 0.05) is 12.3 Å². The van der Waals surface area contributed by atoms with Crippen molar-refractivity contribution in [1.29, 1.82) is 0 Å². The van der Waals surface area contributed by atoms with Crippen molar-refractivity contribution in [1.82, 2.24) is 9.97 Å². The summed E-state index contributed by atoms with van der Waals surface area (Å²) in [4.78, 5) is 20.5. The van der Waals surface area contributed by atoms with Crippen LogP contribution in [0.1, 0.15) is 5.56 Å². The summed E-state index contributed by atoms with van der Waals surface area (Å²) in [5, 5.41) is 2.63. The van der Waals surface area contributed by atoms with E-state index < -0.39 is 0 Å². The predicted molar refractivity (Wildman–Crippen MR) is 70.4 cm³/mol. The van der Waals surface area contributed by atoms with E-state index in [-0.39, 0.29) is 5.43 Å². The molecule has 0 saturated carbocycles. The minimum Gasteiger partial charge on any atom is -0.338 e. The first-order valence-corrected chi connectivity index (χ1v) is 6.15. The number of pyridine rings is 2. The summed E-state index contributed by atoms with van der Waals surface area (Å²) >= 11 is 1.60. The second-order valence-corrected chi connectivity index (χ2v) is 4.88. The van der Waals surface area contributed by atoms with Gasteiger partial charge in [0.25, 0.3) is 0 Å². The van der Waals surface area contributed by atoms with Crippen molar-refractivity contribution < 1.29 is 0 Å². The third kappa shape index (κ3) is 1.76. The number of aromatic nitrogens is 2. The van der Waals surface area contributed by atoms with Gasteiger partial charge < -0.3 is 4.98 Å². The highest BCUT2D eigenvalue weighted by Gasteiger charge is 2.05. The highest BCUT2D eigenvalue weighted by Crippen LogP contribution is 2.22. The Morgan fingerprint density at radius 3 is 3.00 bits per heavy atom. The fraction of sp³-hybridized carbons (Fsp3) is 0.0769. The summed E-state index contributed by atoms with van der Waals surface area (Å²) in [6.07, 6.45) is 1.76. The van der Waals surface area contributed by atoms with Crippen LogP contribution in [-0.4, -0.2) is 9.97 Å². The van der Waals surface area contributed by atoms with Crippen molar-refractivity contribution in [3.8, 4) is 10.6 Å². The molecule has 0 fully saturated rings. The van der Waals surface area contributed by atoms with E-state index in [2.05, 4.69) is 9.97 Å². The molecular weight excluding hydrogens is 232 g/mol. The minimum absolute atomic E-state index is 0.0124. The van der Waals surface area contributed by atoms with Crippen molar-refractivity contribution in [2.24, 2.45) is 0 Å². The van der Waals surface area contributed by atoms with Crippen LogP contribution in [0.3, 0.4) is 0 Å². The van der Waals surface area contributed by atoms with Crippen LogP contribution >= 0.6 is 11.3 Å². The summed E-state index contributed by atoms with van der Waals surface area (Å²) in [5.74, 6) is 0. The number of aromatic amines is 1. The van der Waals surface area contributed by atoms with Gasteiger partial charge in [0.05, 0.1) is 16.0 Å². The average Bonchev–Trinajstić information content (AvgIpc) is 2.83. The number of nitrogens with one attached hydrogen (secondary N) is 1. The topological polar surface area (TPSA) is 45.8 Å². The quantitative estimate of drug-likeness (QED) is 0.713. The number of thiophene rings is 1. The van der Waals surface area contributed by atoms with Crippen molar-refractivity contribution >= 4 is 22.4 Å². The molecule has 0 saturated heterocycles. The molecule has 84 valence electrons. The van der Waals surface area contributed by atoms with Gasteiger partial charge in [-0.25, -0.2) is 4.98 Å². The third-order valence-corrected chi connectivity index (χ3v) is 3.51. The van der Waals surface area contributed by atoms with Gasteiger partial charge in [-0.15, -0.1) is 11.3 Å². The largest absolute Gasteiger partial charge is 0.338 e. The van der Waals surface area contributed by atoms with Crippen LogP contribution in [-0.2, 0) is 0 Å². The Balaban J connectivity index is 2.32. The number of rotatable bonds is 1. The van der Waals surface area contributed by atoms with Crippen molar-refractivity contribution in [2.75, 3.05) is 0 Å². The summed E-state index contributed by atoms with van der Waals surface area (Å²) in [6.45, 7) is 1.93. The number of fused-ring (bicyclic) bond motifs is 1. The Bertz CT molecular complexity index is 729. The zero-order valence-electron chi connectivity index (χ0n) is 9.23. The first kappa shape index (κ1) is 10.2. The molecular formula is C13H10N2OS. The number of hydrogen-bond donors (Lipinski definition) is 1. The van der Waals surface area contributed by atoms with Crippen LogP contribution in [0.25, 0.3) is 21.6 Å². The predicted octanol–water partition coefficient (Wildman–Crippen LogP) is 2.96. The molecule has 3 aromatic heterocycles. The zero-order chi connectivity index (χ0) is 11.8. The molecule has 0 radical (unpaired) electrons. The van der Waals surface area contributed by atoms with Gasteiger partial charge >= 0.3 is 0 Å². The molecule has 0 spiro atoms. The lowest BCUT2D eigenvalue weighted by Gasteiger charge is -2.02. The van der Waals surface area contributed by atoms with Crippen LogP contribution in [0, 0.1) is 6.92 Å². The zero-order valence-corrected chi connectivity index (χ0v) is 10.0. The average molecular weight is 242 g/mol. The van der Waals surface area contributed by atoms with E-state index in [1.165, 1.54) is 0 Å². The van der Waals surface area contributed by atoms with E-state index in [0.29, 0.717) is 11.0 Å². The summed E-state index contributed by atoms with van der Waals surface area (Å²) < 4.78 is 0. The SMILES string of the molecule is Cc1cnc2[nH]c(-c3cccs3)cc(=O)c2c1. The van der Waals surface area contributed by atoms with Gasteiger partial charge in [-0.2, -0.15) is 0 Å². The Morgan fingerprint density at radius 1 is 1.35 bits per heavy atom. The molecule has 0 aromatic carbocycles. The van der Waals surface area contributed by atoms with Crippen molar-refractivity contribution in [3.05, 3.63) is 51.6 Å². The van der Waals surface area contributed by atoms with E-state index in [4.69, 9.17) is 0 Å². The van der Waals surface area contributed by atoms with Gasteiger partial charge in [0.1, 0.15) is 5.65 Å². The molecule has 17 heavy (non-hydrogen) atoms. The maximum atomic E-state index is 12.0. The van der Waals surface area contributed by atoms with Gasteiger partial charge in [0.15, 0.2) is 5.43 Å². The van der Waals surface area contributed by atoms with Gasteiger partial charge in [-0.1, -0.05) is 6.07 Å². The molecule has 4 heteroatoms. The van der Waals surface area contributed by atoms with Gasteiger partial charge in [-0.05, 0) is 30.0 Å². The number of hydrogen-bond acceptors (Lipinski definition) is 3. The second-order valence-electron chi connectivity index (χ2n) is 3.93. The molecule has 0 atom stereocenters. The molecule has 0 bridgehead atoms. The monoisotopic (exact) mass is 242 g/mol. The lowest BCUT2D eigenvalue weighted by atomic mass is 10.2. The highest BCUT2D eigenvalue weighted by molar-refractivity contribution is 7.13. The fourth-order valence-corrected chi connectivity index (χ4v) is 2.49. The summed E-state index contributed by atoms with van der Waals surface area (Å²) in [6, 6.07) is 7.44. The van der Waals surface area contributed by atoms with E-state index in [0.717, 1.165) is 16.1 Å². The first-order valence-electron chi connectivity index (χ1n) is 5.27. The lowest BCUT2D eigenvalue weighted by molar-refractivity contribution is 1.25. The van der Waals surface area contributed by atoms with E-state index in [9.17, 15) is 4.79 Å². The van der Waals surface area contributed by atoms with E-state index in [1.807, 2.05) is 30.5 Å². The van der Waals surface area contributed by atoms with Gasteiger partial charge in [0.2, 0.25) is 0 Å². The van der Waals surface area contributed by atoms with Crippen molar-refractivity contribution in [2.45, 2.75) is 6.92 Å². The first-order chi connectivity index (χ1) is 8.24. The molecule has 3 aromatic rings. The fourth-order valence-electron chi connectivity index (χ4n) is 1.79. The standard InChI is InChI=1S/C13H10N2OS/c1-8-5-9-11(16)6-10(12-3-2-4-17-12)15-13(9)14-7-8/h2-7H,1H3,(H,14,15,16). The Hall–Kier alpha value is -1.94. The van der Waals surface area contributed by atoms with E-state index >= 15 is 0 Å². The Labute approximate surface area is 102 Å². The van der Waals surface area contributed by atoms with Crippen molar-refractivity contribution in [3.63, 3.8) is 0 Å². The smallest absolute Gasteiger partial charge is 0.191 e. The third-order valence-electron chi connectivity index (χ3n) is 2.61. The molecule has 3 rings (SSSR count). The van der Waals surface area contributed by atoms with Crippen LogP contribution in [0.5, 0.6) is 0 Å². The van der Waals surface area contributed by atoms with E-state index in [1.54, 1.807) is 23.6 Å². The molecule has 3 heterocycles. The molecule has 0 aliphatic carbocycles. The van der Waals surface area contributed by atoms with Gasteiger partial charge in [-0.3, -0.25) is 4.79 Å². The summed E-state index contributed by atoms with van der Waals surface area (Å²) in [5.41, 5.74) is 2.48. The molecule has 0 unspecified atom stereocenters. The summed E-state index contributed by atoms with van der Waals surface area (Å²) in [7, 11) is 0. The molecule has 0 aliphatic heterocycles. The van der Waals surface area contributed by atoms with Crippen LogP contribution < -0.4 is 5.43 Å². The maximum absolute atomic E-state index is 12.0. The molecule has 3 nitrogen and oxygen atoms in total. The van der Waals surface area contributed by atoms with Crippen LogP contribution in [0.4, 0.5) is 0 Å². The maximum Gasteiger partial charge on any atom is 0.191 e. The minimum atomic E-state index is 0.0124. The number of nitrogens with zero attached hydrogens (tertiary/aromatic N) is 1. The molecule has 1 N–H and O–H groups in total. The Morgan fingerprint density at radius 2 is 2.24 bits per heavy atom.